The number of halogens is 1. The van der Waals surface area contributed by atoms with Gasteiger partial charge in [0.25, 0.3) is 5.91 Å². The van der Waals surface area contributed by atoms with Crippen LogP contribution < -0.4 is 5.32 Å². The van der Waals surface area contributed by atoms with Crippen LogP contribution in [0.2, 0.25) is 0 Å². The summed E-state index contributed by atoms with van der Waals surface area (Å²) in [5, 5.41) is 6.61. The largest absolute Gasteiger partial charge is 0.469 e. The maximum Gasteiger partial charge on any atom is 0.305 e. The molecule has 0 saturated carbocycles. The molecular formula is C16H19FN2O4. The van der Waals surface area contributed by atoms with Gasteiger partial charge in [-0.2, -0.15) is 0 Å². The average molecular weight is 322 g/mol. The highest BCUT2D eigenvalue weighted by molar-refractivity contribution is 5.93. The second-order valence-corrected chi connectivity index (χ2v) is 5.23. The van der Waals surface area contributed by atoms with Gasteiger partial charge in [-0.1, -0.05) is 17.3 Å². The predicted molar refractivity (Wildman–Crippen MR) is 81.3 cm³/mol. The van der Waals surface area contributed by atoms with E-state index in [1.807, 2.05) is 0 Å². The third-order valence-electron chi connectivity index (χ3n) is 3.43. The monoisotopic (exact) mass is 322 g/mol. The Hall–Kier alpha value is -2.44. The number of methoxy groups -OCH3 is 1. The third-order valence-corrected chi connectivity index (χ3v) is 3.43. The van der Waals surface area contributed by atoms with E-state index in [9.17, 15) is 14.0 Å². The third kappa shape index (κ3) is 5.36. The molecule has 6 nitrogen and oxygen atoms in total. The van der Waals surface area contributed by atoms with Gasteiger partial charge in [0.1, 0.15) is 5.82 Å². The maximum absolute atomic E-state index is 12.9. The second-order valence-electron chi connectivity index (χ2n) is 5.23. The zero-order chi connectivity index (χ0) is 16.7. The van der Waals surface area contributed by atoms with E-state index in [0.29, 0.717) is 25.8 Å². The van der Waals surface area contributed by atoms with E-state index in [1.165, 1.54) is 19.2 Å². The number of hydrogen-bond donors (Lipinski definition) is 1. The van der Waals surface area contributed by atoms with E-state index in [0.717, 1.165) is 11.3 Å². The number of rotatable bonds is 7. The van der Waals surface area contributed by atoms with Crippen LogP contribution >= 0.6 is 0 Å². The second kappa shape index (κ2) is 8.26. The average Bonchev–Trinajstić information content (AvgIpc) is 3.02. The number of nitrogens with zero attached hydrogens (tertiary/aromatic N) is 1. The number of amides is 1. The van der Waals surface area contributed by atoms with Crippen LogP contribution in [-0.4, -0.2) is 37.3 Å². The number of carbonyl (C=O) groups excluding carboxylic acids is 2. The van der Waals surface area contributed by atoms with Gasteiger partial charge in [-0.05, 0) is 24.1 Å². The van der Waals surface area contributed by atoms with Gasteiger partial charge in [-0.25, -0.2) is 4.39 Å². The lowest BCUT2D eigenvalue weighted by atomic mass is 10.0. The van der Waals surface area contributed by atoms with Gasteiger partial charge in [0, 0.05) is 25.8 Å². The fraction of sp³-hybridized carbons (Fsp3) is 0.438. The Kier molecular flexibility index (Phi) is 6.08. The molecular weight excluding hydrogens is 303 g/mol. The molecule has 1 amide bonds. The Morgan fingerprint density at radius 2 is 2.13 bits per heavy atom. The van der Waals surface area contributed by atoms with E-state index in [4.69, 9.17) is 4.84 Å². The zero-order valence-corrected chi connectivity index (χ0v) is 12.9. The fourth-order valence-electron chi connectivity index (χ4n) is 2.17. The van der Waals surface area contributed by atoms with E-state index >= 15 is 0 Å². The molecule has 0 fully saturated rings. The summed E-state index contributed by atoms with van der Waals surface area (Å²) in [6, 6.07) is 6.13. The van der Waals surface area contributed by atoms with Crippen molar-refractivity contribution in [2.45, 2.75) is 31.8 Å². The number of carbonyl (C=O) groups is 2. The lowest BCUT2D eigenvalue weighted by Crippen LogP contribution is -2.35. The molecule has 1 atom stereocenters. The minimum atomic E-state index is -0.649. The van der Waals surface area contributed by atoms with E-state index in [-0.39, 0.29) is 24.1 Å². The van der Waals surface area contributed by atoms with Crippen LogP contribution in [-0.2, 0) is 25.6 Å². The number of oxime groups is 1. The van der Waals surface area contributed by atoms with Crippen LogP contribution in [0.15, 0.2) is 29.4 Å². The molecule has 1 heterocycles. The van der Waals surface area contributed by atoms with Crippen molar-refractivity contribution < 1.29 is 23.6 Å². The molecule has 1 aliphatic rings. The van der Waals surface area contributed by atoms with Gasteiger partial charge in [-0.15, -0.1) is 0 Å². The van der Waals surface area contributed by atoms with Crippen molar-refractivity contribution in [3.8, 4) is 0 Å². The molecule has 1 aromatic carbocycles. The number of nitrogens with one attached hydrogen (secondary N) is 1. The van der Waals surface area contributed by atoms with Gasteiger partial charge >= 0.3 is 5.97 Å². The maximum atomic E-state index is 12.9. The molecule has 1 unspecified atom stereocenters. The Bertz CT molecular complexity index is 586. The smallest absolute Gasteiger partial charge is 0.305 e. The Labute approximate surface area is 133 Å². The molecule has 0 radical (unpaired) electrons. The van der Waals surface area contributed by atoms with Crippen LogP contribution in [0.25, 0.3) is 0 Å². The van der Waals surface area contributed by atoms with Crippen molar-refractivity contribution in [1.29, 1.82) is 0 Å². The molecule has 1 aromatic rings. The molecule has 23 heavy (non-hydrogen) atoms. The normalized spacial score (nSPS) is 16.4. The lowest BCUT2D eigenvalue weighted by molar-refractivity contribution is -0.141. The van der Waals surface area contributed by atoms with Crippen LogP contribution in [0.1, 0.15) is 24.8 Å². The molecule has 2 rings (SSSR count). The molecule has 0 aromatic heterocycles. The number of ether oxygens (including phenoxy) is 1. The summed E-state index contributed by atoms with van der Waals surface area (Å²) in [6.07, 6.45) is 1.04. The zero-order valence-electron chi connectivity index (χ0n) is 12.9. The lowest BCUT2D eigenvalue weighted by Gasteiger charge is -2.09. The van der Waals surface area contributed by atoms with Crippen molar-refractivity contribution in [3.05, 3.63) is 35.6 Å². The molecule has 0 bridgehead atoms. The highest BCUT2D eigenvalue weighted by atomic mass is 19.1. The van der Waals surface area contributed by atoms with Crippen LogP contribution in [0, 0.1) is 5.82 Å². The van der Waals surface area contributed by atoms with Gasteiger partial charge in [0.05, 0.1) is 12.8 Å². The van der Waals surface area contributed by atoms with Gasteiger partial charge in [-0.3, -0.25) is 9.59 Å². The van der Waals surface area contributed by atoms with Crippen molar-refractivity contribution in [3.63, 3.8) is 0 Å². The molecule has 0 spiro atoms. The molecule has 1 aliphatic heterocycles. The van der Waals surface area contributed by atoms with Gasteiger partial charge in [0.15, 0.2) is 0 Å². The van der Waals surface area contributed by atoms with E-state index in [2.05, 4.69) is 15.2 Å². The SMILES string of the molecule is COC(=O)CCCNC(=O)C1CC(Cc2ccc(F)cc2)=NO1. The van der Waals surface area contributed by atoms with Crippen molar-refractivity contribution in [2.75, 3.05) is 13.7 Å². The number of hydrogen-bond acceptors (Lipinski definition) is 5. The molecule has 7 heteroatoms. The topological polar surface area (TPSA) is 77.0 Å². The minimum absolute atomic E-state index is 0.257. The van der Waals surface area contributed by atoms with E-state index < -0.39 is 6.10 Å². The fourth-order valence-corrected chi connectivity index (χ4v) is 2.17. The molecule has 0 aliphatic carbocycles. The Morgan fingerprint density at radius 1 is 1.39 bits per heavy atom. The van der Waals surface area contributed by atoms with Crippen LogP contribution in [0.3, 0.4) is 0 Å². The summed E-state index contributed by atoms with van der Waals surface area (Å²) in [7, 11) is 1.33. The Morgan fingerprint density at radius 3 is 2.83 bits per heavy atom. The molecule has 0 saturated heterocycles. The molecule has 1 N–H and O–H groups in total. The van der Waals surface area contributed by atoms with E-state index in [1.54, 1.807) is 12.1 Å². The first-order valence-electron chi connectivity index (χ1n) is 7.39. The first kappa shape index (κ1) is 16.9. The van der Waals surface area contributed by atoms with Crippen LogP contribution in [0.5, 0.6) is 0 Å². The summed E-state index contributed by atoms with van der Waals surface area (Å²) in [5.74, 6) is -0.850. The first-order chi connectivity index (χ1) is 11.1. The highest BCUT2D eigenvalue weighted by Crippen LogP contribution is 2.15. The summed E-state index contributed by atoms with van der Waals surface area (Å²) in [5.41, 5.74) is 1.65. The standard InChI is InChI=1S/C16H19FN2O4/c1-22-15(20)3-2-8-18-16(21)14-10-13(19-23-14)9-11-4-6-12(17)7-5-11/h4-7,14H,2-3,8-10H2,1H3,(H,18,21). The predicted octanol–water partition coefficient (Wildman–Crippen LogP) is 1.58. The quantitative estimate of drug-likeness (QED) is 0.611. The number of benzene rings is 1. The van der Waals surface area contributed by atoms with Crippen molar-refractivity contribution in [2.24, 2.45) is 5.16 Å². The minimum Gasteiger partial charge on any atom is -0.469 e. The van der Waals surface area contributed by atoms with Gasteiger partial charge < -0.3 is 14.9 Å². The molecule has 124 valence electrons. The highest BCUT2D eigenvalue weighted by Gasteiger charge is 2.27. The number of esters is 1. The summed E-state index contributed by atoms with van der Waals surface area (Å²) in [6.45, 7) is 0.376. The van der Waals surface area contributed by atoms with Crippen molar-refractivity contribution >= 4 is 17.6 Å². The summed E-state index contributed by atoms with van der Waals surface area (Å²) in [4.78, 5) is 28.0. The van der Waals surface area contributed by atoms with Crippen LogP contribution in [0.4, 0.5) is 4.39 Å². The first-order valence-corrected chi connectivity index (χ1v) is 7.39. The summed E-state index contributed by atoms with van der Waals surface area (Å²) < 4.78 is 17.4. The van der Waals surface area contributed by atoms with Crippen molar-refractivity contribution in [1.82, 2.24) is 5.32 Å². The summed E-state index contributed by atoms with van der Waals surface area (Å²) >= 11 is 0. The van der Waals surface area contributed by atoms with Gasteiger partial charge in [0.2, 0.25) is 6.10 Å². The Balaban J connectivity index is 1.70.